The molecule has 148 valence electrons. The van der Waals surface area contributed by atoms with Crippen LogP contribution in [0.1, 0.15) is 49.7 Å². The average molecular weight is 388 g/mol. The Morgan fingerprint density at radius 3 is 2.30 bits per heavy atom. The largest absolute Gasteiger partial charge is 0.465 e. The number of rotatable bonds is 8. The first-order valence-corrected chi connectivity index (χ1v) is 8.79. The summed E-state index contributed by atoms with van der Waals surface area (Å²) < 4.78 is 70.2. The molecule has 0 bridgehead atoms. The molecule has 0 heterocycles. The van der Waals surface area contributed by atoms with Crippen LogP contribution in [0.5, 0.6) is 0 Å². The predicted octanol–water partition coefficient (Wildman–Crippen LogP) is 6.33. The standard InChI is InChI=1S/C20H21F5O2/c1-2-3-4-5-10-27-19(26)17(18(21)22)15-7-6-14-12-16(20(23,24)25)9-8-13(14)11-15/h6-9,11-12,17-18H,2-5,10H2,1H3. The van der Waals surface area contributed by atoms with E-state index in [1.165, 1.54) is 24.3 Å². The fraction of sp³-hybridized carbons (Fsp3) is 0.450. The first-order valence-electron chi connectivity index (χ1n) is 8.79. The molecule has 0 saturated heterocycles. The molecule has 0 amide bonds. The van der Waals surface area contributed by atoms with E-state index in [4.69, 9.17) is 4.74 Å². The maximum Gasteiger partial charge on any atom is 0.416 e. The molecule has 1 atom stereocenters. The van der Waals surface area contributed by atoms with Gasteiger partial charge in [-0.05, 0) is 34.9 Å². The van der Waals surface area contributed by atoms with Crippen molar-refractivity contribution < 1.29 is 31.5 Å². The Kier molecular flexibility index (Phi) is 7.16. The summed E-state index contributed by atoms with van der Waals surface area (Å²) in [6.07, 6.45) is -4.03. The number of fused-ring (bicyclic) bond motifs is 1. The summed E-state index contributed by atoms with van der Waals surface area (Å²) in [4.78, 5) is 12.1. The van der Waals surface area contributed by atoms with Crippen molar-refractivity contribution in [3.8, 4) is 0 Å². The van der Waals surface area contributed by atoms with Crippen LogP contribution in [0, 0.1) is 0 Å². The Balaban J connectivity index is 2.19. The van der Waals surface area contributed by atoms with Crippen molar-refractivity contribution in [3.05, 3.63) is 47.5 Å². The zero-order chi connectivity index (χ0) is 20.0. The zero-order valence-electron chi connectivity index (χ0n) is 14.9. The van der Waals surface area contributed by atoms with Gasteiger partial charge in [-0.2, -0.15) is 13.2 Å². The number of hydrogen-bond donors (Lipinski definition) is 0. The Morgan fingerprint density at radius 1 is 1.00 bits per heavy atom. The maximum absolute atomic E-state index is 13.4. The Hall–Kier alpha value is -2.18. The van der Waals surface area contributed by atoms with E-state index >= 15 is 0 Å². The molecular formula is C20H21F5O2. The molecule has 0 aliphatic carbocycles. The van der Waals surface area contributed by atoms with E-state index in [-0.39, 0.29) is 17.6 Å². The monoisotopic (exact) mass is 388 g/mol. The van der Waals surface area contributed by atoms with Crippen molar-refractivity contribution in [2.45, 2.75) is 51.1 Å². The number of alkyl halides is 5. The van der Waals surface area contributed by atoms with Crippen LogP contribution in [0.4, 0.5) is 22.0 Å². The number of unbranched alkanes of at least 4 members (excludes halogenated alkanes) is 3. The third-order valence-electron chi connectivity index (χ3n) is 4.30. The molecule has 0 N–H and O–H groups in total. The third kappa shape index (κ3) is 5.65. The molecule has 2 rings (SSSR count). The lowest BCUT2D eigenvalue weighted by atomic mass is 9.96. The normalized spacial score (nSPS) is 13.1. The van der Waals surface area contributed by atoms with Gasteiger partial charge in [0.1, 0.15) is 5.92 Å². The molecule has 0 aliphatic heterocycles. The van der Waals surface area contributed by atoms with Crippen molar-refractivity contribution in [2.24, 2.45) is 0 Å². The van der Waals surface area contributed by atoms with Crippen LogP contribution in [0.15, 0.2) is 36.4 Å². The number of halogens is 5. The van der Waals surface area contributed by atoms with Gasteiger partial charge in [-0.15, -0.1) is 0 Å². The quantitative estimate of drug-likeness (QED) is 0.300. The van der Waals surface area contributed by atoms with E-state index in [1.807, 2.05) is 6.92 Å². The van der Waals surface area contributed by atoms with Crippen LogP contribution in [-0.4, -0.2) is 19.0 Å². The topological polar surface area (TPSA) is 26.3 Å². The minimum Gasteiger partial charge on any atom is -0.465 e. The Bertz CT molecular complexity index is 771. The third-order valence-corrected chi connectivity index (χ3v) is 4.30. The highest BCUT2D eigenvalue weighted by Gasteiger charge is 2.33. The van der Waals surface area contributed by atoms with E-state index in [0.717, 1.165) is 31.4 Å². The fourth-order valence-electron chi connectivity index (χ4n) is 2.81. The van der Waals surface area contributed by atoms with Crippen molar-refractivity contribution >= 4 is 16.7 Å². The van der Waals surface area contributed by atoms with Gasteiger partial charge in [0.15, 0.2) is 0 Å². The molecule has 0 aliphatic rings. The van der Waals surface area contributed by atoms with Gasteiger partial charge in [-0.3, -0.25) is 4.79 Å². The van der Waals surface area contributed by atoms with E-state index in [9.17, 15) is 26.7 Å². The second-order valence-corrected chi connectivity index (χ2v) is 6.36. The fourth-order valence-corrected chi connectivity index (χ4v) is 2.81. The first kappa shape index (κ1) is 21.1. The number of carbonyl (C=O) groups excluding carboxylic acids is 1. The lowest BCUT2D eigenvalue weighted by molar-refractivity contribution is -0.149. The van der Waals surface area contributed by atoms with Gasteiger partial charge >= 0.3 is 12.1 Å². The molecule has 0 spiro atoms. The summed E-state index contributed by atoms with van der Waals surface area (Å²) in [5, 5.41) is 0.608. The highest BCUT2D eigenvalue weighted by atomic mass is 19.4. The van der Waals surface area contributed by atoms with E-state index in [2.05, 4.69) is 0 Å². The smallest absolute Gasteiger partial charge is 0.416 e. The number of carbonyl (C=O) groups is 1. The van der Waals surface area contributed by atoms with Crippen LogP contribution in [0.3, 0.4) is 0 Å². The highest BCUT2D eigenvalue weighted by Crippen LogP contribution is 2.33. The number of esters is 1. The number of hydrogen-bond acceptors (Lipinski definition) is 2. The molecule has 0 saturated carbocycles. The van der Waals surface area contributed by atoms with Gasteiger partial charge in [0.2, 0.25) is 0 Å². The molecule has 0 fully saturated rings. The Morgan fingerprint density at radius 2 is 1.67 bits per heavy atom. The zero-order valence-corrected chi connectivity index (χ0v) is 14.9. The summed E-state index contributed by atoms with van der Waals surface area (Å²) in [6, 6.07) is 6.91. The SMILES string of the molecule is CCCCCCOC(=O)C(c1ccc2cc(C(F)(F)F)ccc2c1)C(F)F. The lowest BCUT2D eigenvalue weighted by Gasteiger charge is -2.16. The van der Waals surface area contributed by atoms with Gasteiger partial charge in [0.25, 0.3) is 6.43 Å². The number of benzene rings is 2. The minimum atomic E-state index is -4.49. The summed E-state index contributed by atoms with van der Waals surface area (Å²) in [6.45, 7) is 2.10. The summed E-state index contributed by atoms with van der Waals surface area (Å²) >= 11 is 0. The second-order valence-electron chi connectivity index (χ2n) is 6.36. The minimum absolute atomic E-state index is 0.0239. The second kappa shape index (κ2) is 9.15. The van der Waals surface area contributed by atoms with E-state index in [0.29, 0.717) is 11.8 Å². The summed E-state index contributed by atoms with van der Waals surface area (Å²) in [5.74, 6) is -2.78. The van der Waals surface area contributed by atoms with Crippen LogP contribution in [0.2, 0.25) is 0 Å². The highest BCUT2D eigenvalue weighted by molar-refractivity contribution is 5.86. The molecule has 7 heteroatoms. The lowest BCUT2D eigenvalue weighted by Crippen LogP contribution is -2.23. The summed E-state index contributed by atoms with van der Waals surface area (Å²) in [7, 11) is 0. The van der Waals surface area contributed by atoms with Crippen molar-refractivity contribution in [1.82, 2.24) is 0 Å². The van der Waals surface area contributed by atoms with Crippen LogP contribution < -0.4 is 0 Å². The molecule has 0 aromatic heterocycles. The molecular weight excluding hydrogens is 367 g/mol. The van der Waals surface area contributed by atoms with Crippen molar-refractivity contribution in [2.75, 3.05) is 6.61 Å². The van der Waals surface area contributed by atoms with Gasteiger partial charge in [-0.1, -0.05) is 50.5 Å². The van der Waals surface area contributed by atoms with Gasteiger partial charge < -0.3 is 4.74 Å². The van der Waals surface area contributed by atoms with Gasteiger partial charge in [0.05, 0.1) is 12.2 Å². The number of ether oxygens (including phenoxy) is 1. The van der Waals surface area contributed by atoms with Crippen molar-refractivity contribution in [3.63, 3.8) is 0 Å². The average Bonchev–Trinajstić information content (AvgIpc) is 2.60. The van der Waals surface area contributed by atoms with Gasteiger partial charge in [-0.25, -0.2) is 8.78 Å². The predicted molar refractivity (Wildman–Crippen MR) is 92.8 cm³/mol. The molecule has 0 radical (unpaired) electrons. The molecule has 1 unspecified atom stereocenters. The van der Waals surface area contributed by atoms with E-state index in [1.54, 1.807) is 0 Å². The van der Waals surface area contributed by atoms with Crippen LogP contribution in [0.25, 0.3) is 10.8 Å². The van der Waals surface area contributed by atoms with Crippen LogP contribution >= 0.6 is 0 Å². The summed E-state index contributed by atoms with van der Waals surface area (Å²) in [5.41, 5.74) is -0.796. The van der Waals surface area contributed by atoms with Gasteiger partial charge in [0, 0.05) is 0 Å². The molecule has 2 aromatic carbocycles. The van der Waals surface area contributed by atoms with E-state index < -0.39 is 30.1 Å². The van der Waals surface area contributed by atoms with Crippen molar-refractivity contribution in [1.29, 1.82) is 0 Å². The molecule has 2 aromatic rings. The maximum atomic E-state index is 13.4. The molecule has 27 heavy (non-hydrogen) atoms. The van der Waals surface area contributed by atoms with Crippen LogP contribution in [-0.2, 0) is 15.7 Å². The first-order chi connectivity index (χ1) is 12.7. The molecule has 2 nitrogen and oxygen atoms in total. The Labute approximate surface area is 154 Å².